The number of aryl methyl sites for hydroxylation is 2. The largest absolute Gasteiger partial charge is 0.356 e. The summed E-state index contributed by atoms with van der Waals surface area (Å²) in [6.45, 7) is 6.79. The molecule has 5 heteroatoms. The number of hydrogen-bond donors (Lipinski definition) is 2. The number of hydrogen-bond acceptors (Lipinski definition) is 3. The zero-order valence-electron chi connectivity index (χ0n) is 14.7. The fourth-order valence-electron chi connectivity index (χ4n) is 3.07. The Kier molecular flexibility index (Phi) is 9.01. The number of carbonyl (C=O) groups is 2. The van der Waals surface area contributed by atoms with Gasteiger partial charge in [-0.25, -0.2) is 0 Å². The Labute approximate surface area is 151 Å². The predicted octanol–water partition coefficient (Wildman–Crippen LogP) is 3.19. The number of rotatable bonds is 7. The summed E-state index contributed by atoms with van der Waals surface area (Å²) in [5.74, 6) is 0.700. The number of benzene rings is 1. The molecular formula is C19H29ClN2O2. The molecule has 1 aliphatic heterocycles. The van der Waals surface area contributed by atoms with Gasteiger partial charge in [-0.15, -0.1) is 12.4 Å². The zero-order valence-corrected chi connectivity index (χ0v) is 15.5. The lowest BCUT2D eigenvalue weighted by atomic mass is 9.96. The average molecular weight is 353 g/mol. The first-order valence-corrected chi connectivity index (χ1v) is 8.64. The molecule has 1 aliphatic rings. The van der Waals surface area contributed by atoms with Gasteiger partial charge in [0.15, 0.2) is 5.78 Å². The number of ketones is 1. The van der Waals surface area contributed by atoms with E-state index in [0.29, 0.717) is 12.5 Å². The molecule has 4 nitrogen and oxygen atoms in total. The highest BCUT2D eigenvalue weighted by atomic mass is 35.5. The second-order valence-electron chi connectivity index (χ2n) is 6.59. The summed E-state index contributed by atoms with van der Waals surface area (Å²) in [5.41, 5.74) is 2.79. The van der Waals surface area contributed by atoms with E-state index < -0.39 is 0 Å². The summed E-state index contributed by atoms with van der Waals surface area (Å²) in [6, 6.07) is 5.87. The number of Topliss-reactive ketones (excluding diaryl/α,β-unsaturated/α-hetero) is 1. The molecule has 0 saturated carbocycles. The minimum atomic E-state index is -0.0209. The molecule has 1 saturated heterocycles. The van der Waals surface area contributed by atoms with Gasteiger partial charge in [-0.3, -0.25) is 9.59 Å². The molecule has 0 aromatic heterocycles. The highest BCUT2D eigenvalue weighted by Crippen LogP contribution is 2.14. The monoisotopic (exact) mass is 352 g/mol. The summed E-state index contributed by atoms with van der Waals surface area (Å²) < 4.78 is 0. The van der Waals surface area contributed by atoms with E-state index >= 15 is 0 Å². The molecule has 2 N–H and O–H groups in total. The Balaban J connectivity index is 0.00000288. The van der Waals surface area contributed by atoms with Crippen LogP contribution in [-0.2, 0) is 4.79 Å². The summed E-state index contributed by atoms with van der Waals surface area (Å²) >= 11 is 0. The predicted molar refractivity (Wildman–Crippen MR) is 99.9 cm³/mol. The smallest absolute Gasteiger partial charge is 0.220 e. The van der Waals surface area contributed by atoms with Crippen LogP contribution < -0.4 is 10.6 Å². The lowest BCUT2D eigenvalue weighted by molar-refractivity contribution is -0.121. The molecule has 1 aromatic rings. The minimum Gasteiger partial charge on any atom is -0.356 e. The van der Waals surface area contributed by atoms with Gasteiger partial charge in [0.05, 0.1) is 0 Å². The third-order valence-corrected chi connectivity index (χ3v) is 4.55. The van der Waals surface area contributed by atoms with Crippen molar-refractivity contribution in [3.8, 4) is 0 Å². The first-order valence-electron chi connectivity index (χ1n) is 8.64. The topological polar surface area (TPSA) is 58.2 Å². The van der Waals surface area contributed by atoms with Crippen molar-refractivity contribution >= 4 is 24.1 Å². The third-order valence-electron chi connectivity index (χ3n) is 4.55. The van der Waals surface area contributed by atoms with Gasteiger partial charge in [-0.2, -0.15) is 0 Å². The SMILES string of the molecule is Cc1ccc(C)c(C(=O)CCC(=O)NCCC2CCCNC2)c1.Cl. The van der Waals surface area contributed by atoms with E-state index in [1.54, 1.807) is 0 Å². The van der Waals surface area contributed by atoms with Gasteiger partial charge < -0.3 is 10.6 Å². The van der Waals surface area contributed by atoms with E-state index in [4.69, 9.17) is 0 Å². The first kappa shape index (κ1) is 20.7. The van der Waals surface area contributed by atoms with Crippen molar-refractivity contribution < 1.29 is 9.59 Å². The number of carbonyl (C=O) groups excluding carboxylic acids is 2. The molecule has 1 amide bonds. The Morgan fingerprint density at radius 3 is 2.75 bits per heavy atom. The lowest BCUT2D eigenvalue weighted by Gasteiger charge is -2.22. The standard InChI is InChI=1S/C19H28N2O2.ClH/c1-14-5-6-15(2)17(12-14)18(22)7-8-19(23)21-11-9-16-4-3-10-20-13-16;/h5-6,12,16,20H,3-4,7-11,13H2,1-2H3,(H,21,23);1H. The van der Waals surface area contributed by atoms with Crippen LogP contribution in [0.25, 0.3) is 0 Å². The Morgan fingerprint density at radius 1 is 1.25 bits per heavy atom. The van der Waals surface area contributed by atoms with Crippen molar-refractivity contribution in [2.45, 2.75) is 46.0 Å². The van der Waals surface area contributed by atoms with Crippen LogP contribution >= 0.6 is 12.4 Å². The number of nitrogens with one attached hydrogen (secondary N) is 2. The fourth-order valence-corrected chi connectivity index (χ4v) is 3.07. The molecule has 1 unspecified atom stereocenters. The van der Waals surface area contributed by atoms with Crippen molar-refractivity contribution in [2.75, 3.05) is 19.6 Å². The van der Waals surface area contributed by atoms with Crippen LogP contribution in [0.3, 0.4) is 0 Å². The fraction of sp³-hybridized carbons (Fsp3) is 0.579. The summed E-state index contributed by atoms with van der Waals surface area (Å²) in [6.07, 6.45) is 4.04. The third kappa shape index (κ3) is 6.62. The first-order chi connectivity index (χ1) is 11.1. The van der Waals surface area contributed by atoms with Gasteiger partial charge >= 0.3 is 0 Å². The lowest BCUT2D eigenvalue weighted by Crippen LogP contribution is -2.33. The van der Waals surface area contributed by atoms with Crippen LogP contribution in [0.4, 0.5) is 0 Å². The molecule has 1 heterocycles. The van der Waals surface area contributed by atoms with Gasteiger partial charge in [-0.1, -0.05) is 17.7 Å². The molecule has 0 aliphatic carbocycles. The Hall–Kier alpha value is -1.39. The van der Waals surface area contributed by atoms with Crippen molar-refractivity contribution in [2.24, 2.45) is 5.92 Å². The maximum Gasteiger partial charge on any atom is 0.220 e. The van der Waals surface area contributed by atoms with E-state index in [-0.39, 0.29) is 36.9 Å². The zero-order chi connectivity index (χ0) is 16.7. The van der Waals surface area contributed by atoms with Crippen LogP contribution in [0.1, 0.15) is 53.6 Å². The quantitative estimate of drug-likeness (QED) is 0.741. The van der Waals surface area contributed by atoms with Crippen LogP contribution in [-0.4, -0.2) is 31.3 Å². The molecule has 24 heavy (non-hydrogen) atoms. The molecule has 1 fully saturated rings. The number of piperidine rings is 1. The number of amides is 1. The van der Waals surface area contributed by atoms with Gasteiger partial charge in [0.2, 0.25) is 5.91 Å². The van der Waals surface area contributed by atoms with Crippen LogP contribution in [0.15, 0.2) is 18.2 Å². The Bertz CT molecular complexity index is 554. The van der Waals surface area contributed by atoms with E-state index in [9.17, 15) is 9.59 Å². The molecule has 0 spiro atoms. The van der Waals surface area contributed by atoms with Crippen molar-refractivity contribution in [1.82, 2.24) is 10.6 Å². The highest BCUT2D eigenvalue weighted by Gasteiger charge is 2.14. The van der Waals surface area contributed by atoms with E-state index in [0.717, 1.165) is 36.2 Å². The van der Waals surface area contributed by atoms with Crippen molar-refractivity contribution in [3.63, 3.8) is 0 Å². The maximum absolute atomic E-state index is 12.3. The molecule has 1 atom stereocenters. The van der Waals surface area contributed by atoms with Crippen molar-refractivity contribution in [3.05, 3.63) is 34.9 Å². The van der Waals surface area contributed by atoms with E-state index in [1.807, 2.05) is 32.0 Å². The molecule has 134 valence electrons. The van der Waals surface area contributed by atoms with Crippen LogP contribution in [0.5, 0.6) is 0 Å². The summed E-state index contributed by atoms with van der Waals surface area (Å²) in [7, 11) is 0. The van der Waals surface area contributed by atoms with Crippen molar-refractivity contribution in [1.29, 1.82) is 0 Å². The molecule has 2 rings (SSSR count). The van der Waals surface area contributed by atoms with Gasteiger partial charge in [0, 0.05) is 24.9 Å². The normalized spacial score (nSPS) is 17.0. The van der Waals surface area contributed by atoms with Gasteiger partial charge in [0.25, 0.3) is 0 Å². The molecule has 0 bridgehead atoms. The van der Waals surface area contributed by atoms with Gasteiger partial charge in [0.1, 0.15) is 0 Å². The second kappa shape index (κ2) is 10.5. The van der Waals surface area contributed by atoms with Crippen LogP contribution in [0, 0.1) is 19.8 Å². The summed E-state index contributed by atoms with van der Waals surface area (Å²) in [4.78, 5) is 24.1. The van der Waals surface area contributed by atoms with Gasteiger partial charge in [-0.05, 0) is 63.7 Å². The molecule has 1 aromatic carbocycles. The average Bonchev–Trinajstić information content (AvgIpc) is 2.56. The highest BCUT2D eigenvalue weighted by molar-refractivity contribution is 5.99. The summed E-state index contributed by atoms with van der Waals surface area (Å²) in [5, 5.41) is 6.33. The van der Waals surface area contributed by atoms with E-state index in [2.05, 4.69) is 10.6 Å². The molecule has 0 radical (unpaired) electrons. The second-order valence-corrected chi connectivity index (χ2v) is 6.59. The van der Waals surface area contributed by atoms with Crippen LogP contribution in [0.2, 0.25) is 0 Å². The Morgan fingerprint density at radius 2 is 2.04 bits per heavy atom. The number of halogens is 1. The van der Waals surface area contributed by atoms with E-state index in [1.165, 1.54) is 12.8 Å². The minimum absolute atomic E-state index is 0. The molecular weight excluding hydrogens is 324 g/mol. The maximum atomic E-state index is 12.3.